The van der Waals surface area contributed by atoms with Crippen LogP contribution in [0, 0.1) is 11.6 Å². The molecular weight excluding hydrogens is 454 g/mol. The van der Waals surface area contributed by atoms with Crippen LogP contribution in [0.4, 0.5) is 14.5 Å². The van der Waals surface area contributed by atoms with Crippen molar-refractivity contribution in [2.45, 2.75) is 11.4 Å². The van der Waals surface area contributed by atoms with E-state index in [1.807, 2.05) is 12.1 Å². The molecule has 4 nitrogen and oxygen atoms in total. The molecule has 2 heterocycles. The molecule has 1 saturated heterocycles. The number of hydrogen-bond acceptors (Lipinski definition) is 3. The van der Waals surface area contributed by atoms with Gasteiger partial charge in [0.15, 0.2) is 4.87 Å². The van der Waals surface area contributed by atoms with Crippen LogP contribution >= 0.6 is 23.4 Å². The van der Waals surface area contributed by atoms with Gasteiger partial charge < -0.3 is 9.80 Å². The van der Waals surface area contributed by atoms with Crippen LogP contribution < -0.4 is 4.90 Å². The summed E-state index contributed by atoms with van der Waals surface area (Å²) in [4.78, 5) is 29.1. The van der Waals surface area contributed by atoms with Crippen LogP contribution in [-0.4, -0.2) is 29.0 Å². The molecule has 0 radical (unpaired) electrons. The van der Waals surface area contributed by atoms with Crippen LogP contribution in [0.15, 0.2) is 66.7 Å². The van der Waals surface area contributed by atoms with E-state index in [1.54, 1.807) is 41.3 Å². The summed E-state index contributed by atoms with van der Waals surface area (Å²) in [5.74, 6) is -1.44. The van der Waals surface area contributed by atoms with Gasteiger partial charge in [0, 0.05) is 40.1 Å². The Morgan fingerprint density at radius 1 is 1.06 bits per heavy atom. The van der Waals surface area contributed by atoms with Crippen molar-refractivity contribution < 1.29 is 18.4 Å². The molecule has 0 aromatic heterocycles. The molecule has 1 spiro atoms. The van der Waals surface area contributed by atoms with Crippen molar-refractivity contribution in [2.24, 2.45) is 0 Å². The van der Waals surface area contributed by atoms with E-state index in [0.717, 1.165) is 6.07 Å². The number of hydrogen-bond donors (Lipinski definition) is 0. The second-order valence-electron chi connectivity index (χ2n) is 7.60. The zero-order valence-corrected chi connectivity index (χ0v) is 18.3. The smallest absolute Gasteiger partial charge is 0.268 e. The Bertz CT molecular complexity index is 1250. The van der Waals surface area contributed by atoms with Crippen molar-refractivity contribution in [1.82, 2.24) is 4.90 Å². The minimum atomic E-state index is -1.24. The van der Waals surface area contributed by atoms with Gasteiger partial charge in [-0.2, -0.15) is 0 Å². The minimum absolute atomic E-state index is 0.0660. The first-order valence-electron chi connectivity index (χ1n) is 9.99. The molecule has 0 N–H and O–H groups in total. The number of benzene rings is 3. The van der Waals surface area contributed by atoms with Gasteiger partial charge in [-0.25, -0.2) is 8.78 Å². The molecular formula is C24H17ClF2N2O2S. The summed E-state index contributed by atoms with van der Waals surface area (Å²) in [6.07, 6.45) is 0. The number of fused-ring (bicyclic) bond motifs is 2. The molecule has 3 aromatic rings. The molecule has 1 fully saturated rings. The Hall–Kier alpha value is -2.90. The number of nitrogens with zero attached hydrogens (tertiary/aromatic N) is 2. The molecule has 2 aliphatic rings. The predicted octanol–water partition coefficient (Wildman–Crippen LogP) is 5.21. The molecule has 0 unspecified atom stereocenters. The largest absolute Gasteiger partial charge is 0.311 e. The summed E-state index contributed by atoms with van der Waals surface area (Å²) in [7, 11) is 0. The van der Waals surface area contributed by atoms with E-state index < -0.39 is 16.5 Å². The maximum absolute atomic E-state index is 14.4. The van der Waals surface area contributed by atoms with E-state index in [4.69, 9.17) is 11.6 Å². The van der Waals surface area contributed by atoms with Gasteiger partial charge in [0.05, 0.1) is 12.2 Å². The van der Waals surface area contributed by atoms with Gasteiger partial charge in [0.1, 0.15) is 11.6 Å². The predicted molar refractivity (Wildman–Crippen MR) is 121 cm³/mol. The summed E-state index contributed by atoms with van der Waals surface area (Å²) in [5, 5.41) is 0.434. The minimum Gasteiger partial charge on any atom is -0.311 e. The topological polar surface area (TPSA) is 40.6 Å². The standard InChI is InChI=1S/C24H17ClF2N2O2S/c25-17-5-3-4-15(12-17)22(30)29-10-11-32-24(29)19-6-1-2-7-21(19)28(23(24)31)14-16-8-9-18(26)13-20(16)27/h1-9,12-13H,10-11,14H2/t24-/m0/s1. The average Bonchev–Trinajstić information content (AvgIpc) is 3.32. The number of carbonyl (C=O) groups is 2. The van der Waals surface area contributed by atoms with Gasteiger partial charge in [0.2, 0.25) is 0 Å². The second-order valence-corrected chi connectivity index (χ2v) is 9.33. The molecule has 0 saturated carbocycles. The van der Waals surface area contributed by atoms with Crippen LogP contribution in [0.3, 0.4) is 0 Å². The van der Waals surface area contributed by atoms with Crippen molar-refractivity contribution in [3.8, 4) is 0 Å². The Labute approximate surface area is 192 Å². The SMILES string of the molecule is O=C(c1cccc(Cl)c1)N1CCS[C@@]12C(=O)N(Cc1ccc(F)cc1F)c1ccccc12. The van der Waals surface area contributed by atoms with Crippen LogP contribution in [0.5, 0.6) is 0 Å². The summed E-state index contributed by atoms with van der Waals surface area (Å²) >= 11 is 7.47. The lowest BCUT2D eigenvalue weighted by atomic mass is 10.0. The van der Waals surface area contributed by atoms with Gasteiger partial charge in [-0.15, -0.1) is 11.8 Å². The Kier molecular flexibility index (Phi) is 5.18. The summed E-state index contributed by atoms with van der Waals surface area (Å²) in [6, 6.07) is 17.1. The Morgan fingerprint density at radius 2 is 1.88 bits per heavy atom. The quantitative estimate of drug-likeness (QED) is 0.528. The highest BCUT2D eigenvalue weighted by atomic mass is 35.5. The highest BCUT2D eigenvalue weighted by Gasteiger charge is 2.59. The van der Waals surface area contributed by atoms with E-state index in [2.05, 4.69) is 0 Å². The number of anilines is 1. The lowest BCUT2D eigenvalue weighted by molar-refractivity contribution is -0.123. The van der Waals surface area contributed by atoms with Gasteiger partial charge in [-0.3, -0.25) is 9.59 Å². The van der Waals surface area contributed by atoms with Gasteiger partial charge in [0.25, 0.3) is 11.8 Å². The third-order valence-corrected chi connectivity index (χ3v) is 7.42. The van der Waals surface area contributed by atoms with Gasteiger partial charge >= 0.3 is 0 Å². The molecule has 1 atom stereocenters. The third-order valence-electron chi connectivity index (χ3n) is 5.76. The van der Waals surface area contributed by atoms with Crippen LogP contribution in [0.25, 0.3) is 0 Å². The molecule has 3 aromatic carbocycles. The van der Waals surface area contributed by atoms with E-state index in [9.17, 15) is 18.4 Å². The molecule has 0 aliphatic carbocycles. The fourth-order valence-electron chi connectivity index (χ4n) is 4.32. The number of thioether (sulfide) groups is 1. The second kappa shape index (κ2) is 7.90. The maximum atomic E-state index is 14.4. The monoisotopic (exact) mass is 470 g/mol. The zero-order chi connectivity index (χ0) is 22.5. The lowest BCUT2D eigenvalue weighted by Gasteiger charge is -2.33. The molecule has 8 heteroatoms. The number of carbonyl (C=O) groups excluding carboxylic acids is 2. The summed E-state index contributed by atoms with van der Waals surface area (Å²) < 4.78 is 27.7. The van der Waals surface area contributed by atoms with E-state index in [1.165, 1.54) is 28.8 Å². The average molecular weight is 471 g/mol. The van der Waals surface area contributed by atoms with Gasteiger partial charge in [-0.05, 0) is 30.3 Å². The van der Waals surface area contributed by atoms with E-state index >= 15 is 0 Å². The normalized spacial score (nSPS) is 19.7. The van der Waals surface area contributed by atoms with Gasteiger partial charge in [-0.1, -0.05) is 41.9 Å². The number of halogens is 3. The number of para-hydroxylation sites is 1. The third kappa shape index (κ3) is 3.19. The number of rotatable bonds is 3. The van der Waals surface area contributed by atoms with E-state index in [0.29, 0.717) is 34.1 Å². The molecule has 0 bridgehead atoms. The fourth-order valence-corrected chi connectivity index (χ4v) is 5.97. The van der Waals surface area contributed by atoms with Crippen molar-refractivity contribution in [3.05, 3.63) is 100 Å². The first kappa shape index (κ1) is 21.0. The first-order chi connectivity index (χ1) is 15.4. The van der Waals surface area contributed by atoms with Crippen molar-refractivity contribution in [3.63, 3.8) is 0 Å². The Morgan fingerprint density at radius 3 is 2.66 bits per heavy atom. The lowest BCUT2D eigenvalue weighted by Crippen LogP contribution is -2.50. The molecule has 32 heavy (non-hydrogen) atoms. The molecule has 162 valence electrons. The number of amides is 2. The van der Waals surface area contributed by atoms with Crippen molar-refractivity contribution in [2.75, 3.05) is 17.2 Å². The van der Waals surface area contributed by atoms with Crippen molar-refractivity contribution in [1.29, 1.82) is 0 Å². The highest BCUT2D eigenvalue weighted by molar-refractivity contribution is 8.01. The van der Waals surface area contributed by atoms with E-state index in [-0.39, 0.29) is 23.9 Å². The first-order valence-corrected chi connectivity index (χ1v) is 11.3. The van der Waals surface area contributed by atoms with Crippen LogP contribution in [0.2, 0.25) is 5.02 Å². The molecule has 2 amide bonds. The zero-order valence-electron chi connectivity index (χ0n) is 16.7. The van der Waals surface area contributed by atoms with Crippen molar-refractivity contribution >= 4 is 40.9 Å². The highest BCUT2D eigenvalue weighted by Crippen LogP contribution is 2.54. The fraction of sp³-hybridized carbons (Fsp3) is 0.167. The summed E-state index contributed by atoms with van der Waals surface area (Å²) in [5.41, 5.74) is 1.89. The molecule has 2 aliphatic heterocycles. The maximum Gasteiger partial charge on any atom is 0.268 e. The van der Waals surface area contributed by atoms with Crippen LogP contribution in [-0.2, 0) is 16.2 Å². The Balaban J connectivity index is 1.58. The van der Waals surface area contributed by atoms with Crippen LogP contribution in [0.1, 0.15) is 21.5 Å². The molecule has 5 rings (SSSR count). The summed E-state index contributed by atoms with van der Waals surface area (Å²) in [6.45, 7) is 0.318.